The minimum atomic E-state index is -0.442. The number of halogens is 2. The molecule has 0 radical (unpaired) electrons. The monoisotopic (exact) mass is 339 g/mol. The molecule has 22 heavy (non-hydrogen) atoms. The molecule has 0 aliphatic heterocycles. The van der Waals surface area contributed by atoms with E-state index in [0.29, 0.717) is 34.4 Å². The number of nitrogens with zero attached hydrogens (tertiary/aromatic N) is 1. The van der Waals surface area contributed by atoms with Crippen LogP contribution in [0.3, 0.4) is 0 Å². The van der Waals surface area contributed by atoms with Gasteiger partial charge in [-0.15, -0.1) is 0 Å². The van der Waals surface area contributed by atoms with Gasteiger partial charge in [0.1, 0.15) is 5.82 Å². The lowest BCUT2D eigenvalue weighted by molar-refractivity contribution is 0.0526. The fraction of sp³-hybridized carbons (Fsp3) is 0.200. The van der Waals surface area contributed by atoms with E-state index in [0.717, 1.165) is 5.56 Å². The molecular formula is C15H15Cl2N3O2. The highest BCUT2D eigenvalue weighted by Gasteiger charge is 2.11. The number of esters is 1. The van der Waals surface area contributed by atoms with Gasteiger partial charge in [-0.2, -0.15) is 0 Å². The van der Waals surface area contributed by atoms with E-state index in [2.05, 4.69) is 10.3 Å². The van der Waals surface area contributed by atoms with Gasteiger partial charge in [-0.05, 0) is 30.7 Å². The number of carbonyl (C=O) groups excluding carboxylic acids is 1. The van der Waals surface area contributed by atoms with E-state index in [1.165, 1.54) is 6.20 Å². The number of benzene rings is 1. The van der Waals surface area contributed by atoms with Gasteiger partial charge < -0.3 is 15.8 Å². The van der Waals surface area contributed by atoms with E-state index in [-0.39, 0.29) is 5.82 Å². The summed E-state index contributed by atoms with van der Waals surface area (Å²) in [6.45, 7) is 2.46. The topological polar surface area (TPSA) is 77.2 Å². The molecule has 0 spiro atoms. The fourth-order valence-corrected chi connectivity index (χ4v) is 2.27. The first-order chi connectivity index (χ1) is 10.5. The molecule has 3 N–H and O–H groups in total. The standard InChI is InChI=1S/C15H15Cl2N3O2/c1-2-22-15(21)10-5-13(14(18)20-8-10)19-7-9-3-4-11(16)6-12(9)17/h3-6,8,19H,2,7H2,1H3,(H2,18,20). The molecule has 2 rings (SSSR count). The van der Waals surface area contributed by atoms with E-state index < -0.39 is 5.97 Å². The summed E-state index contributed by atoms with van der Waals surface area (Å²) in [7, 11) is 0. The summed E-state index contributed by atoms with van der Waals surface area (Å²) in [5, 5.41) is 4.22. The van der Waals surface area contributed by atoms with E-state index in [4.69, 9.17) is 33.7 Å². The lowest BCUT2D eigenvalue weighted by atomic mass is 10.2. The third-order valence-corrected chi connectivity index (χ3v) is 3.50. The average Bonchev–Trinajstić information content (AvgIpc) is 2.48. The third-order valence-electron chi connectivity index (χ3n) is 2.91. The van der Waals surface area contributed by atoms with Gasteiger partial charge in [0.05, 0.1) is 17.9 Å². The van der Waals surface area contributed by atoms with Crippen LogP contribution in [0.25, 0.3) is 0 Å². The van der Waals surface area contributed by atoms with Crippen LogP contribution < -0.4 is 11.1 Å². The Kier molecular flexibility index (Phi) is 5.46. The number of hydrogen-bond acceptors (Lipinski definition) is 5. The molecule has 1 aromatic heterocycles. The molecule has 116 valence electrons. The lowest BCUT2D eigenvalue weighted by Crippen LogP contribution is -2.09. The largest absolute Gasteiger partial charge is 0.462 e. The minimum Gasteiger partial charge on any atom is -0.462 e. The van der Waals surface area contributed by atoms with Crippen molar-refractivity contribution in [2.75, 3.05) is 17.7 Å². The Labute approximate surface area is 138 Å². The minimum absolute atomic E-state index is 0.290. The van der Waals surface area contributed by atoms with E-state index in [1.54, 1.807) is 25.1 Å². The third kappa shape index (κ3) is 4.02. The van der Waals surface area contributed by atoms with Crippen molar-refractivity contribution in [2.24, 2.45) is 0 Å². The molecule has 0 bridgehead atoms. The van der Waals surface area contributed by atoms with Crippen molar-refractivity contribution in [3.8, 4) is 0 Å². The van der Waals surface area contributed by atoms with Crippen LogP contribution in [0.15, 0.2) is 30.5 Å². The molecule has 0 aliphatic carbocycles. The maximum absolute atomic E-state index is 11.7. The number of nitrogens with one attached hydrogen (secondary N) is 1. The van der Waals surface area contributed by atoms with Crippen molar-refractivity contribution in [2.45, 2.75) is 13.5 Å². The summed E-state index contributed by atoms with van der Waals surface area (Å²) >= 11 is 12.0. The summed E-state index contributed by atoms with van der Waals surface area (Å²) in [6, 6.07) is 6.83. The number of nitrogens with two attached hydrogens (primary N) is 1. The summed E-state index contributed by atoms with van der Waals surface area (Å²) < 4.78 is 4.93. The summed E-state index contributed by atoms with van der Waals surface area (Å²) in [5.41, 5.74) is 7.54. The van der Waals surface area contributed by atoms with Gasteiger partial charge in [0, 0.05) is 22.8 Å². The van der Waals surface area contributed by atoms with Crippen molar-refractivity contribution in [3.63, 3.8) is 0 Å². The van der Waals surface area contributed by atoms with Gasteiger partial charge in [-0.1, -0.05) is 29.3 Å². The molecule has 7 heteroatoms. The quantitative estimate of drug-likeness (QED) is 0.811. The predicted molar refractivity (Wildman–Crippen MR) is 88.4 cm³/mol. The Bertz CT molecular complexity index is 692. The normalized spacial score (nSPS) is 10.3. The van der Waals surface area contributed by atoms with E-state index in [1.807, 2.05) is 6.07 Å². The molecule has 0 saturated heterocycles. The highest BCUT2D eigenvalue weighted by Crippen LogP contribution is 2.23. The second-order valence-electron chi connectivity index (χ2n) is 4.47. The summed E-state index contributed by atoms with van der Waals surface area (Å²) in [4.78, 5) is 15.7. The smallest absolute Gasteiger partial charge is 0.339 e. The van der Waals surface area contributed by atoms with Crippen LogP contribution in [-0.2, 0) is 11.3 Å². The van der Waals surface area contributed by atoms with Gasteiger partial charge in [-0.25, -0.2) is 9.78 Å². The Morgan fingerprint density at radius 2 is 2.14 bits per heavy atom. The van der Waals surface area contributed by atoms with Crippen LogP contribution in [0.4, 0.5) is 11.5 Å². The van der Waals surface area contributed by atoms with Crippen LogP contribution in [0.1, 0.15) is 22.8 Å². The highest BCUT2D eigenvalue weighted by atomic mass is 35.5. The first kappa shape index (κ1) is 16.4. The van der Waals surface area contributed by atoms with Gasteiger partial charge in [0.25, 0.3) is 0 Å². The maximum Gasteiger partial charge on any atom is 0.339 e. The van der Waals surface area contributed by atoms with Crippen molar-refractivity contribution >= 4 is 40.7 Å². The Morgan fingerprint density at radius 3 is 2.82 bits per heavy atom. The Morgan fingerprint density at radius 1 is 1.36 bits per heavy atom. The van der Waals surface area contributed by atoms with Gasteiger partial charge in [0.15, 0.2) is 0 Å². The van der Waals surface area contributed by atoms with Crippen LogP contribution in [0.2, 0.25) is 10.0 Å². The van der Waals surface area contributed by atoms with Crippen LogP contribution >= 0.6 is 23.2 Å². The molecule has 0 amide bonds. The van der Waals surface area contributed by atoms with Crippen LogP contribution in [0.5, 0.6) is 0 Å². The number of hydrogen-bond donors (Lipinski definition) is 2. The number of anilines is 2. The van der Waals surface area contributed by atoms with Crippen molar-refractivity contribution in [3.05, 3.63) is 51.6 Å². The van der Waals surface area contributed by atoms with Gasteiger partial charge in [-0.3, -0.25) is 0 Å². The van der Waals surface area contributed by atoms with E-state index >= 15 is 0 Å². The Hall–Kier alpha value is -1.98. The molecule has 0 unspecified atom stereocenters. The second-order valence-corrected chi connectivity index (χ2v) is 5.31. The van der Waals surface area contributed by atoms with Crippen molar-refractivity contribution < 1.29 is 9.53 Å². The van der Waals surface area contributed by atoms with Crippen molar-refractivity contribution in [1.82, 2.24) is 4.98 Å². The van der Waals surface area contributed by atoms with Crippen LogP contribution in [0, 0.1) is 0 Å². The predicted octanol–water partition coefficient (Wildman–Crippen LogP) is 3.76. The number of carbonyl (C=O) groups is 1. The molecule has 0 saturated carbocycles. The Balaban J connectivity index is 2.15. The first-order valence-electron chi connectivity index (χ1n) is 6.61. The number of pyridine rings is 1. The van der Waals surface area contributed by atoms with Crippen LogP contribution in [-0.4, -0.2) is 17.6 Å². The van der Waals surface area contributed by atoms with Gasteiger partial charge in [0.2, 0.25) is 0 Å². The molecule has 5 nitrogen and oxygen atoms in total. The molecule has 2 aromatic rings. The molecular weight excluding hydrogens is 325 g/mol. The number of rotatable bonds is 5. The van der Waals surface area contributed by atoms with Gasteiger partial charge >= 0.3 is 5.97 Å². The molecule has 1 aromatic carbocycles. The molecule has 1 heterocycles. The number of ether oxygens (including phenoxy) is 1. The first-order valence-corrected chi connectivity index (χ1v) is 7.37. The second kappa shape index (κ2) is 7.33. The average molecular weight is 340 g/mol. The lowest BCUT2D eigenvalue weighted by Gasteiger charge is -2.11. The zero-order valence-electron chi connectivity index (χ0n) is 11.9. The maximum atomic E-state index is 11.7. The summed E-state index contributed by atoms with van der Waals surface area (Å²) in [5.74, 6) is -0.152. The highest BCUT2D eigenvalue weighted by molar-refractivity contribution is 6.35. The molecule has 0 atom stereocenters. The van der Waals surface area contributed by atoms with E-state index in [9.17, 15) is 4.79 Å². The zero-order chi connectivity index (χ0) is 16.1. The number of aromatic nitrogens is 1. The van der Waals surface area contributed by atoms with Crippen molar-refractivity contribution in [1.29, 1.82) is 0 Å². The zero-order valence-corrected chi connectivity index (χ0v) is 13.4. The molecule has 0 fully saturated rings. The number of nitrogen functional groups attached to an aromatic ring is 1. The summed E-state index contributed by atoms with van der Waals surface area (Å²) in [6.07, 6.45) is 1.38. The SMILES string of the molecule is CCOC(=O)c1cnc(N)c(NCc2ccc(Cl)cc2Cl)c1. The fourth-order valence-electron chi connectivity index (χ4n) is 1.80. The molecule has 0 aliphatic rings.